The van der Waals surface area contributed by atoms with Gasteiger partial charge in [0, 0.05) is 32.1 Å². The molecule has 0 atom stereocenters. The van der Waals surface area contributed by atoms with E-state index in [1.54, 1.807) is 21.3 Å². The molecule has 1 aromatic heterocycles. The summed E-state index contributed by atoms with van der Waals surface area (Å²) < 4.78 is 17.0. The fourth-order valence-corrected chi connectivity index (χ4v) is 3.44. The molecule has 0 bridgehead atoms. The molecule has 0 amide bonds. The lowest BCUT2D eigenvalue weighted by molar-refractivity contribution is 0.352. The van der Waals surface area contributed by atoms with E-state index in [1.807, 2.05) is 12.1 Å². The number of aromatic nitrogens is 1. The highest BCUT2D eigenvalue weighted by molar-refractivity contribution is 9.10. The average molecular weight is 439 g/mol. The molecule has 0 saturated carbocycles. The number of guanidine groups is 1. The van der Waals surface area contributed by atoms with Gasteiger partial charge in [0.15, 0.2) is 17.5 Å². The second-order valence-corrected chi connectivity index (χ2v) is 6.68. The largest absolute Gasteiger partial charge is 0.493 e. The van der Waals surface area contributed by atoms with Gasteiger partial charge >= 0.3 is 0 Å². The minimum absolute atomic E-state index is 0.587. The predicted molar refractivity (Wildman–Crippen MR) is 110 cm³/mol. The third-order valence-electron chi connectivity index (χ3n) is 4.22. The van der Waals surface area contributed by atoms with Crippen LogP contribution < -0.4 is 20.1 Å². The molecule has 8 heteroatoms. The molecule has 148 valence electrons. The van der Waals surface area contributed by atoms with Crippen molar-refractivity contribution in [2.24, 2.45) is 4.99 Å². The maximum absolute atomic E-state index is 5.41. The summed E-state index contributed by atoms with van der Waals surface area (Å²) in [5.41, 5.74) is 3.13. The van der Waals surface area contributed by atoms with Crippen molar-refractivity contribution >= 4 is 21.9 Å². The summed E-state index contributed by atoms with van der Waals surface area (Å²) in [4.78, 5) is 4.29. The molecule has 27 heavy (non-hydrogen) atoms. The van der Waals surface area contributed by atoms with Gasteiger partial charge in [0.2, 0.25) is 0 Å². The SMILES string of the molecule is CCc1noc(CC)c1CNC(=NC)NCc1cc(Br)c(OC)c(OC)c1. The number of nitrogens with one attached hydrogen (secondary N) is 2. The number of halogens is 1. The Labute approximate surface area is 168 Å². The van der Waals surface area contributed by atoms with Crippen LogP contribution in [0.3, 0.4) is 0 Å². The molecule has 0 unspecified atom stereocenters. The Morgan fingerprint density at radius 2 is 1.89 bits per heavy atom. The lowest BCUT2D eigenvalue weighted by Gasteiger charge is -2.15. The number of hydrogen-bond acceptors (Lipinski definition) is 5. The highest BCUT2D eigenvalue weighted by Gasteiger charge is 2.14. The van der Waals surface area contributed by atoms with Crippen LogP contribution in [-0.2, 0) is 25.9 Å². The van der Waals surface area contributed by atoms with E-state index >= 15 is 0 Å². The number of hydrogen-bond donors (Lipinski definition) is 2. The summed E-state index contributed by atoms with van der Waals surface area (Å²) in [7, 11) is 4.98. The zero-order valence-electron chi connectivity index (χ0n) is 16.5. The maximum Gasteiger partial charge on any atom is 0.191 e. The van der Waals surface area contributed by atoms with Crippen LogP contribution in [0.25, 0.3) is 0 Å². The minimum Gasteiger partial charge on any atom is -0.493 e. The summed E-state index contributed by atoms with van der Waals surface area (Å²) in [6.45, 7) is 5.34. The van der Waals surface area contributed by atoms with Gasteiger partial charge in [0.25, 0.3) is 0 Å². The first-order valence-electron chi connectivity index (χ1n) is 8.89. The van der Waals surface area contributed by atoms with Crippen molar-refractivity contribution in [3.63, 3.8) is 0 Å². The zero-order valence-corrected chi connectivity index (χ0v) is 18.1. The average Bonchev–Trinajstić information content (AvgIpc) is 3.09. The lowest BCUT2D eigenvalue weighted by atomic mass is 10.1. The van der Waals surface area contributed by atoms with E-state index in [2.05, 4.69) is 50.6 Å². The number of methoxy groups -OCH3 is 2. The van der Waals surface area contributed by atoms with Crippen LogP contribution in [0.15, 0.2) is 26.1 Å². The molecule has 2 aromatic rings. The second kappa shape index (κ2) is 10.2. The van der Waals surface area contributed by atoms with E-state index in [9.17, 15) is 0 Å². The number of nitrogens with zero attached hydrogens (tertiary/aromatic N) is 2. The van der Waals surface area contributed by atoms with Crippen LogP contribution in [0.5, 0.6) is 11.5 Å². The molecular formula is C19H27BrN4O3. The molecule has 0 aliphatic rings. The summed E-state index contributed by atoms with van der Waals surface area (Å²) in [6.07, 6.45) is 1.65. The summed E-state index contributed by atoms with van der Waals surface area (Å²) in [6, 6.07) is 3.93. The van der Waals surface area contributed by atoms with Gasteiger partial charge in [-0.3, -0.25) is 4.99 Å². The highest BCUT2D eigenvalue weighted by Crippen LogP contribution is 2.36. The zero-order chi connectivity index (χ0) is 19.8. The fourth-order valence-electron chi connectivity index (χ4n) is 2.79. The van der Waals surface area contributed by atoms with Crippen molar-refractivity contribution in [3.05, 3.63) is 39.2 Å². The number of rotatable bonds is 8. The van der Waals surface area contributed by atoms with Gasteiger partial charge in [-0.15, -0.1) is 0 Å². The topological polar surface area (TPSA) is 80.9 Å². The van der Waals surface area contributed by atoms with Crippen molar-refractivity contribution in [2.75, 3.05) is 21.3 Å². The van der Waals surface area contributed by atoms with Gasteiger partial charge < -0.3 is 24.6 Å². The van der Waals surface area contributed by atoms with Crippen molar-refractivity contribution in [1.29, 1.82) is 0 Å². The second-order valence-electron chi connectivity index (χ2n) is 5.83. The molecule has 0 spiro atoms. The monoisotopic (exact) mass is 438 g/mol. The van der Waals surface area contributed by atoms with E-state index in [4.69, 9.17) is 14.0 Å². The van der Waals surface area contributed by atoms with E-state index in [0.717, 1.165) is 39.9 Å². The Morgan fingerprint density at radius 1 is 1.15 bits per heavy atom. The third kappa shape index (κ3) is 5.15. The molecule has 1 aromatic carbocycles. The summed E-state index contributed by atoms with van der Waals surface area (Å²) in [5.74, 6) is 2.97. The van der Waals surface area contributed by atoms with Gasteiger partial charge in [-0.05, 0) is 40.0 Å². The third-order valence-corrected chi connectivity index (χ3v) is 4.81. The molecule has 2 N–H and O–H groups in total. The smallest absolute Gasteiger partial charge is 0.191 e. The van der Waals surface area contributed by atoms with Crippen molar-refractivity contribution in [1.82, 2.24) is 15.8 Å². The number of ether oxygens (including phenoxy) is 2. The van der Waals surface area contributed by atoms with Gasteiger partial charge in [-0.25, -0.2) is 0 Å². The lowest BCUT2D eigenvalue weighted by Crippen LogP contribution is -2.36. The molecule has 1 heterocycles. The number of benzene rings is 1. The maximum atomic E-state index is 5.41. The van der Waals surface area contributed by atoms with Crippen molar-refractivity contribution in [3.8, 4) is 11.5 Å². The standard InChI is InChI=1S/C19H27BrN4O3/c1-6-15-13(16(7-2)27-24-15)11-23-19(21-3)22-10-12-8-14(20)18(26-5)17(9-12)25-4/h8-9H,6-7,10-11H2,1-5H3,(H2,21,22,23). The Hall–Kier alpha value is -2.22. The normalized spacial score (nSPS) is 11.4. The highest BCUT2D eigenvalue weighted by atomic mass is 79.9. The fraction of sp³-hybridized carbons (Fsp3) is 0.474. The molecule has 0 fully saturated rings. The molecule has 0 aliphatic heterocycles. The van der Waals surface area contributed by atoms with Crippen LogP contribution >= 0.6 is 15.9 Å². The Balaban J connectivity index is 2.03. The van der Waals surface area contributed by atoms with Crippen LogP contribution in [0, 0.1) is 0 Å². The van der Waals surface area contributed by atoms with E-state index in [0.29, 0.717) is 30.5 Å². The van der Waals surface area contributed by atoms with Gasteiger partial charge in [0.1, 0.15) is 5.76 Å². The number of aliphatic imine (C=N–C) groups is 1. The molecule has 2 rings (SSSR count). The van der Waals surface area contributed by atoms with E-state index in [1.165, 1.54) is 0 Å². The van der Waals surface area contributed by atoms with Gasteiger partial charge in [-0.1, -0.05) is 19.0 Å². The molecular weight excluding hydrogens is 412 g/mol. The Kier molecular flexibility index (Phi) is 7.97. The molecule has 7 nitrogen and oxygen atoms in total. The predicted octanol–water partition coefficient (Wildman–Crippen LogP) is 3.44. The van der Waals surface area contributed by atoms with Crippen LogP contribution in [0.4, 0.5) is 0 Å². The quantitative estimate of drug-likeness (QED) is 0.485. The first kappa shape index (κ1) is 21.1. The van der Waals surface area contributed by atoms with Gasteiger partial charge in [-0.2, -0.15) is 0 Å². The van der Waals surface area contributed by atoms with Crippen LogP contribution in [-0.4, -0.2) is 32.4 Å². The van der Waals surface area contributed by atoms with Crippen LogP contribution in [0.1, 0.15) is 36.4 Å². The Morgan fingerprint density at radius 3 is 2.48 bits per heavy atom. The first-order valence-corrected chi connectivity index (χ1v) is 9.68. The Bertz CT molecular complexity index is 768. The molecule has 0 saturated heterocycles. The molecule has 0 radical (unpaired) electrons. The summed E-state index contributed by atoms with van der Waals surface area (Å²) in [5, 5.41) is 10.8. The minimum atomic E-state index is 0.587. The molecule has 0 aliphatic carbocycles. The van der Waals surface area contributed by atoms with Crippen molar-refractivity contribution < 1.29 is 14.0 Å². The van der Waals surface area contributed by atoms with Gasteiger partial charge in [0.05, 0.1) is 24.4 Å². The van der Waals surface area contributed by atoms with Crippen molar-refractivity contribution in [2.45, 2.75) is 39.8 Å². The van der Waals surface area contributed by atoms with E-state index < -0.39 is 0 Å². The van der Waals surface area contributed by atoms with Crippen LogP contribution in [0.2, 0.25) is 0 Å². The number of aryl methyl sites for hydroxylation is 2. The van der Waals surface area contributed by atoms with E-state index in [-0.39, 0.29) is 0 Å². The summed E-state index contributed by atoms with van der Waals surface area (Å²) >= 11 is 3.52. The first-order chi connectivity index (χ1) is 13.1.